The summed E-state index contributed by atoms with van der Waals surface area (Å²) in [5.74, 6) is 5.05. The summed E-state index contributed by atoms with van der Waals surface area (Å²) >= 11 is 0. The second kappa shape index (κ2) is 3.79. The normalized spacial score (nSPS) is 34.3. The molecule has 1 heterocycles. The van der Waals surface area contributed by atoms with Crippen LogP contribution in [0.5, 0.6) is 0 Å². The van der Waals surface area contributed by atoms with E-state index in [0.29, 0.717) is 5.92 Å². The third-order valence-electron chi connectivity index (χ3n) is 3.33. The molecular weight excluding hydrogens is 196 g/mol. The zero-order valence-electron chi connectivity index (χ0n) is 8.48. The second-order valence-corrected chi connectivity index (χ2v) is 4.31. The molecule has 6 nitrogen and oxygen atoms in total. The van der Waals surface area contributed by atoms with Gasteiger partial charge >= 0.3 is 0 Å². The van der Waals surface area contributed by atoms with Crippen LogP contribution in [0.15, 0.2) is 0 Å². The van der Waals surface area contributed by atoms with Crippen LogP contribution >= 0.6 is 0 Å². The summed E-state index contributed by atoms with van der Waals surface area (Å²) in [4.78, 5) is 24.1. The van der Waals surface area contributed by atoms with E-state index in [1.54, 1.807) is 0 Å². The van der Waals surface area contributed by atoms with Gasteiger partial charge in [-0.1, -0.05) is 0 Å². The highest BCUT2D eigenvalue weighted by atomic mass is 16.2. The molecule has 15 heavy (non-hydrogen) atoms. The molecule has 0 bridgehead atoms. The number of hydrogen-bond acceptors (Lipinski definition) is 4. The maximum absolute atomic E-state index is 11.1. The van der Waals surface area contributed by atoms with Crippen LogP contribution in [-0.2, 0) is 9.59 Å². The lowest BCUT2D eigenvalue weighted by atomic mass is 10.0. The van der Waals surface area contributed by atoms with Crippen LogP contribution in [0.4, 0.5) is 0 Å². The monoisotopic (exact) mass is 212 g/mol. The Bertz CT molecular complexity index is 294. The van der Waals surface area contributed by atoms with Gasteiger partial charge in [-0.15, -0.1) is 0 Å². The van der Waals surface area contributed by atoms with Gasteiger partial charge < -0.3 is 5.73 Å². The van der Waals surface area contributed by atoms with Gasteiger partial charge in [0.05, 0.1) is 6.04 Å². The van der Waals surface area contributed by atoms with Crippen molar-refractivity contribution in [2.45, 2.75) is 18.9 Å². The van der Waals surface area contributed by atoms with Crippen LogP contribution in [0.1, 0.15) is 12.8 Å². The van der Waals surface area contributed by atoms with Gasteiger partial charge in [-0.25, -0.2) is 5.84 Å². The van der Waals surface area contributed by atoms with Crippen molar-refractivity contribution >= 4 is 11.8 Å². The zero-order valence-corrected chi connectivity index (χ0v) is 8.48. The number of nitrogens with one attached hydrogen (secondary N) is 1. The van der Waals surface area contributed by atoms with E-state index in [1.807, 2.05) is 4.90 Å². The van der Waals surface area contributed by atoms with Crippen LogP contribution in [0.3, 0.4) is 0 Å². The minimum atomic E-state index is -0.262. The molecule has 5 N–H and O–H groups in total. The molecule has 3 atom stereocenters. The second-order valence-electron chi connectivity index (χ2n) is 4.31. The van der Waals surface area contributed by atoms with Crippen LogP contribution < -0.4 is 17.0 Å². The number of hydrazine groups is 1. The van der Waals surface area contributed by atoms with Crippen molar-refractivity contribution < 1.29 is 9.59 Å². The average molecular weight is 212 g/mol. The summed E-state index contributed by atoms with van der Waals surface area (Å²) in [6, 6.07) is -0.118. The first-order valence-electron chi connectivity index (χ1n) is 5.17. The summed E-state index contributed by atoms with van der Waals surface area (Å²) in [5.41, 5.74) is 7.38. The number of primary amides is 1. The van der Waals surface area contributed by atoms with Gasteiger partial charge in [0.25, 0.3) is 0 Å². The van der Waals surface area contributed by atoms with E-state index >= 15 is 0 Å². The summed E-state index contributed by atoms with van der Waals surface area (Å²) in [5, 5.41) is 0. The molecule has 2 rings (SSSR count). The molecule has 0 aromatic heterocycles. The fourth-order valence-electron chi connectivity index (χ4n) is 2.16. The van der Waals surface area contributed by atoms with Crippen molar-refractivity contribution in [3.63, 3.8) is 0 Å². The quantitative estimate of drug-likeness (QED) is 0.290. The number of nitrogens with zero attached hydrogens (tertiary/aromatic N) is 1. The smallest absolute Gasteiger partial charge is 0.237 e. The number of amides is 2. The summed E-state index contributed by atoms with van der Waals surface area (Å²) in [6.07, 6.45) is 1.71. The molecule has 84 valence electrons. The predicted molar refractivity (Wildman–Crippen MR) is 53.1 cm³/mol. The highest BCUT2D eigenvalue weighted by Crippen LogP contribution is 2.40. The Morgan fingerprint density at radius 1 is 1.47 bits per heavy atom. The molecule has 1 aliphatic heterocycles. The predicted octanol–water partition coefficient (Wildman–Crippen LogP) is -1.83. The fraction of sp³-hybridized carbons (Fsp3) is 0.778. The Labute approximate surface area is 87.9 Å². The number of rotatable bonds is 4. The topological polar surface area (TPSA) is 101 Å². The minimum Gasteiger partial charge on any atom is -0.368 e. The van der Waals surface area contributed by atoms with Crippen LogP contribution in [0, 0.1) is 11.8 Å². The van der Waals surface area contributed by atoms with E-state index in [-0.39, 0.29) is 23.8 Å². The van der Waals surface area contributed by atoms with Crippen LogP contribution in [-0.4, -0.2) is 35.8 Å². The number of nitrogens with two attached hydrogens (primary N) is 2. The van der Waals surface area contributed by atoms with Crippen LogP contribution in [0.2, 0.25) is 0 Å². The lowest BCUT2D eigenvalue weighted by Crippen LogP contribution is -2.55. The minimum absolute atomic E-state index is 0.0316. The van der Waals surface area contributed by atoms with Gasteiger partial charge in [0, 0.05) is 19.0 Å². The van der Waals surface area contributed by atoms with Crippen molar-refractivity contribution in [1.82, 2.24) is 10.3 Å². The Hall–Kier alpha value is -1.14. The summed E-state index contributed by atoms with van der Waals surface area (Å²) in [7, 11) is 0. The lowest BCUT2D eigenvalue weighted by Gasteiger charge is -2.38. The summed E-state index contributed by atoms with van der Waals surface area (Å²) in [6.45, 7) is 1.69. The molecular formula is C9H16N4O2. The van der Waals surface area contributed by atoms with E-state index in [9.17, 15) is 9.59 Å². The summed E-state index contributed by atoms with van der Waals surface area (Å²) < 4.78 is 0. The van der Waals surface area contributed by atoms with E-state index in [4.69, 9.17) is 11.6 Å². The molecule has 1 saturated heterocycles. The average Bonchev–Trinajstić information content (AvgIpc) is 2.89. The lowest BCUT2D eigenvalue weighted by molar-refractivity contribution is -0.127. The molecule has 2 aliphatic rings. The highest BCUT2D eigenvalue weighted by Gasteiger charge is 2.46. The largest absolute Gasteiger partial charge is 0.368 e. The third kappa shape index (κ3) is 1.95. The van der Waals surface area contributed by atoms with Gasteiger partial charge in [-0.3, -0.25) is 19.9 Å². The number of likely N-dealkylation sites (tertiary alicyclic amines) is 1. The Kier molecular flexibility index (Phi) is 2.62. The maximum Gasteiger partial charge on any atom is 0.237 e. The first-order chi connectivity index (χ1) is 7.13. The molecule has 1 aliphatic carbocycles. The highest BCUT2D eigenvalue weighted by molar-refractivity contribution is 5.81. The SMILES string of the molecule is NNC(=O)[C@@H]1C[C@H]1CN1CCC1C(N)=O. The first kappa shape index (κ1) is 10.4. The van der Waals surface area contributed by atoms with Gasteiger partial charge in [0.1, 0.15) is 0 Å². The van der Waals surface area contributed by atoms with E-state index in [0.717, 1.165) is 25.9 Å². The molecule has 0 aromatic rings. The first-order valence-corrected chi connectivity index (χ1v) is 5.17. The Morgan fingerprint density at radius 2 is 2.20 bits per heavy atom. The number of hydrogen-bond donors (Lipinski definition) is 3. The van der Waals surface area contributed by atoms with E-state index < -0.39 is 0 Å². The van der Waals surface area contributed by atoms with Crippen molar-refractivity contribution in [2.75, 3.05) is 13.1 Å². The van der Waals surface area contributed by atoms with Crippen molar-refractivity contribution in [3.05, 3.63) is 0 Å². The van der Waals surface area contributed by atoms with Gasteiger partial charge in [-0.2, -0.15) is 0 Å². The number of carbonyl (C=O) groups is 2. The molecule has 6 heteroatoms. The van der Waals surface area contributed by atoms with Gasteiger partial charge in [-0.05, 0) is 18.8 Å². The van der Waals surface area contributed by atoms with E-state index in [1.165, 1.54) is 0 Å². The van der Waals surface area contributed by atoms with Crippen molar-refractivity contribution in [3.8, 4) is 0 Å². The van der Waals surface area contributed by atoms with Crippen LogP contribution in [0.25, 0.3) is 0 Å². The third-order valence-corrected chi connectivity index (χ3v) is 3.33. The maximum atomic E-state index is 11.1. The standard InChI is InChI=1S/C9H16N4O2/c10-8(14)7-1-2-13(7)4-5-3-6(5)9(15)12-11/h5-7H,1-4,11H2,(H2,10,14)(H,12,15)/t5-,6+,7?/m0/s1. The molecule has 0 aromatic carbocycles. The molecule has 0 spiro atoms. The zero-order chi connectivity index (χ0) is 11.0. The van der Waals surface area contributed by atoms with E-state index in [2.05, 4.69) is 5.43 Å². The molecule has 1 unspecified atom stereocenters. The molecule has 0 radical (unpaired) electrons. The van der Waals surface area contributed by atoms with Crippen molar-refractivity contribution in [1.29, 1.82) is 0 Å². The molecule has 2 amide bonds. The fourth-order valence-corrected chi connectivity index (χ4v) is 2.16. The molecule has 1 saturated carbocycles. The van der Waals surface area contributed by atoms with Gasteiger partial charge in [0.2, 0.25) is 11.8 Å². The Balaban J connectivity index is 1.76. The van der Waals surface area contributed by atoms with Gasteiger partial charge in [0.15, 0.2) is 0 Å². The number of carbonyl (C=O) groups excluding carboxylic acids is 2. The van der Waals surface area contributed by atoms with Crippen molar-refractivity contribution in [2.24, 2.45) is 23.4 Å². The molecule has 2 fully saturated rings. The Morgan fingerprint density at radius 3 is 2.67 bits per heavy atom.